The van der Waals surface area contributed by atoms with Gasteiger partial charge in [-0.1, -0.05) is 41.6 Å². The summed E-state index contributed by atoms with van der Waals surface area (Å²) in [5, 5.41) is 14.8. The first-order valence-corrected chi connectivity index (χ1v) is 11.2. The Morgan fingerprint density at radius 2 is 1.72 bits per heavy atom. The molecule has 32 heavy (non-hydrogen) atoms. The van der Waals surface area contributed by atoms with Crippen molar-refractivity contribution in [3.8, 4) is 0 Å². The summed E-state index contributed by atoms with van der Waals surface area (Å²) in [5.74, 6) is 0.489. The first kappa shape index (κ1) is 23.3. The predicted octanol–water partition coefficient (Wildman–Crippen LogP) is 4.05. The number of allylic oxidation sites excluding steroid dienone is 1. The summed E-state index contributed by atoms with van der Waals surface area (Å²) in [7, 11) is 0. The molecule has 0 aliphatic rings. The minimum Gasteiger partial charge on any atom is -0.345 e. The smallest absolute Gasteiger partial charge is 0.251 e. The van der Waals surface area contributed by atoms with Crippen molar-refractivity contribution in [3.63, 3.8) is 0 Å². The number of carbonyl (C=O) groups excluding carboxylic acids is 2. The Balaban J connectivity index is 1.61. The maximum Gasteiger partial charge on any atom is 0.251 e. The molecule has 1 aromatic heterocycles. The highest BCUT2D eigenvalue weighted by Gasteiger charge is 2.15. The van der Waals surface area contributed by atoms with Crippen LogP contribution in [-0.2, 0) is 17.9 Å². The molecule has 0 atom stereocenters. The van der Waals surface area contributed by atoms with Crippen molar-refractivity contribution in [3.05, 3.63) is 83.2 Å². The minimum atomic E-state index is -0.180. The number of aryl methyl sites for hydroxylation is 3. The van der Waals surface area contributed by atoms with Crippen LogP contribution in [0.1, 0.15) is 32.9 Å². The van der Waals surface area contributed by atoms with E-state index in [1.54, 1.807) is 18.2 Å². The average Bonchev–Trinajstić information content (AvgIpc) is 3.12. The van der Waals surface area contributed by atoms with Gasteiger partial charge in [-0.05, 0) is 56.2 Å². The Bertz CT molecular complexity index is 1100. The second-order valence-electron chi connectivity index (χ2n) is 7.56. The second kappa shape index (κ2) is 10.8. The van der Waals surface area contributed by atoms with Crippen LogP contribution < -0.4 is 10.6 Å². The van der Waals surface area contributed by atoms with Gasteiger partial charge in [0, 0.05) is 17.8 Å². The minimum absolute atomic E-state index is 0.123. The van der Waals surface area contributed by atoms with Crippen molar-refractivity contribution in [2.45, 2.75) is 39.0 Å². The monoisotopic (exact) mass is 449 g/mol. The zero-order chi connectivity index (χ0) is 23.1. The summed E-state index contributed by atoms with van der Waals surface area (Å²) < 4.78 is 1.84. The van der Waals surface area contributed by atoms with Gasteiger partial charge in [-0.3, -0.25) is 9.59 Å². The average molecular weight is 450 g/mol. The third-order valence-electron chi connectivity index (χ3n) is 4.66. The first-order valence-electron chi connectivity index (χ1n) is 10.2. The lowest BCUT2D eigenvalue weighted by Crippen LogP contribution is -2.24. The van der Waals surface area contributed by atoms with Gasteiger partial charge in [-0.15, -0.1) is 16.8 Å². The summed E-state index contributed by atoms with van der Waals surface area (Å²) in [5.41, 5.74) is 4.64. The van der Waals surface area contributed by atoms with E-state index in [4.69, 9.17) is 0 Å². The topological polar surface area (TPSA) is 88.9 Å². The molecule has 0 spiro atoms. The summed E-state index contributed by atoms with van der Waals surface area (Å²) in [6, 6.07) is 13.3. The molecule has 1 heterocycles. The van der Waals surface area contributed by atoms with Gasteiger partial charge in [-0.2, -0.15) is 0 Å². The van der Waals surface area contributed by atoms with Gasteiger partial charge >= 0.3 is 0 Å². The summed E-state index contributed by atoms with van der Waals surface area (Å²) in [6.07, 6.45) is 1.73. The van der Waals surface area contributed by atoms with Crippen LogP contribution in [0.15, 0.2) is 60.3 Å². The number of amides is 2. The van der Waals surface area contributed by atoms with Crippen LogP contribution in [-0.4, -0.2) is 32.3 Å². The Hall–Kier alpha value is -3.39. The molecule has 3 rings (SSSR count). The molecule has 0 radical (unpaired) electrons. The fraction of sp³-hybridized carbons (Fsp3) is 0.250. The molecule has 0 aliphatic carbocycles. The molecule has 0 bridgehead atoms. The van der Waals surface area contributed by atoms with E-state index < -0.39 is 0 Å². The van der Waals surface area contributed by atoms with Crippen LogP contribution in [0, 0.1) is 20.8 Å². The Labute approximate surface area is 192 Å². The van der Waals surface area contributed by atoms with Crippen molar-refractivity contribution in [1.29, 1.82) is 0 Å². The van der Waals surface area contributed by atoms with Crippen LogP contribution in [0.4, 0.5) is 5.69 Å². The first-order chi connectivity index (χ1) is 15.4. The molecule has 0 saturated carbocycles. The number of nitrogens with zero attached hydrogens (tertiary/aromatic N) is 3. The van der Waals surface area contributed by atoms with Gasteiger partial charge in [0.05, 0.1) is 12.3 Å². The van der Waals surface area contributed by atoms with E-state index in [9.17, 15) is 9.59 Å². The standard InChI is InChI=1S/C24H27N5O2S/c1-5-10-29-21(14-25-23(31)19-8-6-16(2)7-9-19)27-28-24(29)32-15-22(30)26-20-12-17(3)11-18(4)13-20/h5-9,11-13H,1,10,14-15H2,2-4H3,(H,25,31)(H,26,30). The van der Waals surface area contributed by atoms with E-state index in [0.29, 0.717) is 23.1 Å². The maximum absolute atomic E-state index is 12.4. The molecule has 3 aromatic rings. The van der Waals surface area contributed by atoms with Gasteiger partial charge in [-0.25, -0.2) is 0 Å². The van der Waals surface area contributed by atoms with Crippen molar-refractivity contribution in [2.75, 3.05) is 11.1 Å². The summed E-state index contributed by atoms with van der Waals surface area (Å²) >= 11 is 1.29. The van der Waals surface area contributed by atoms with Crippen molar-refractivity contribution in [1.82, 2.24) is 20.1 Å². The lowest BCUT2D eigenvalue weighted by molar-refractivity contribution is -0.113. The number of nitrogens with one attached hydrogen (secondary N) is 2. The molecule has 2 amide bonds. The molecule has 7 nitrogen and oxygen atoms in total. The fourth-order valence-electron chi connectivity index (χ4n) is 3.21. The van der Waals surface area contributed by atoms with Crippen LogP contribution in [0.25, 0.3) is 0 Å². The molecule has 2 N–H and O–H groups in total. The number of benzene rings is 2. The zero-order valence-electron chi connectivity index (χ0n) is 18.5. The van der Waals surface area contributed by atoms with E-state index >= 15 is 0 Å². The van der Waals surface area contributed by atoms with E-state index in [1.165, 1.54) is 11.8 Å². The van der Waals surface area contributed by atoms with Gasteiger partial charge in [0.1, 0.15) is 0 Å². The van der Waals surface area contributed by atoms with Crippen molar-refractivity contribution in [2.24, 2.45) is 0 Å². The largest absolute Gasteiger partial charge is 0.345 e. The summed E-state index contributed by atoms with van der Waals surface area (Å²) in [4.78, 5) is 24.8. The number of anilines is 1. The number of hydrogen-bond acceptors (Lipinski definition) is 5. The number of aromatic nitrogens is 3. The Kier molecular flexibility index (Phi) is 7.83. The molecule has 166 valence electrons. The van der Waals surface area contributed by atoms with E-state index in [1.807, 2.05) is 49.6 Å². The number of carbonyl (C=O) groups is 2. The zero-order valence-corrected chi connectivity index (χ0v) is 19.3. The third kappa shape index (κ3) is 6.31. The summed E-state index contributed by atoms with van der Waals surface area (Å²) in [6.45, 7) is 10.4. The lowest BCUT2D eigenvalue weighted by Gasteiger charge is -2.10. The molecule has 2 aromatic carbocycles. The van der Waals surface area contributed by atoms with Gasteiger partial charge in [0.15, 0.2) is 11.0 Å². The highest BCUT2D eigenvalue weighted by molar-refractivity contribution is 7.99. The Morgan fingerprint density at radius 1 is 1.03 bits per heavy atom. The van der Waals surface area contributed by atoms with Gasteiger partial charge in [0.2, 0.25) is 5.91 Å². The predicted molar refractivity (Wildman–Crippen MR) is 128 cm³/mol. The molecular weight excluding hydrogens is 422 g/mol. The van der Waals surface area contributed by atoms with Crippen LogP contribution in [0.3, 0.4) is 0 Å². The van der Waals surface area contributed by atoms with E-state index in [-0.39, 0.29) is 24.1 Å². The van der Waals surface area contributed by atoms with Gasteiger partial charge in [0.25, 0.3) is 5.91 Å². The third-order valence-corrected chi connectivity index (χ3v) is 5.63. The van der Waals surface area contributed by atoms with Crippen molar-refractivity contribution >= 4 is 29.3 Å². The van der Waals surface area contributed by atoms with Crippen LogP contribution >= 0.6 is 11.8 Å². The van der Waals surface area contributed by atoms with Crippen LogP contribution in [0.5, 0.6) is 0 Å². The highest BCUT2D eigenvalue weighted by Crippen LogP contribution is 2.19. The van der Waals surface area contributed by atoms with E-state index in [2.05, 4.69) is 33.5 Å². The van der Waals surface area contributed by atoms with Crippen LogP contribution in [0.2, 0.25) is 0 Å². The van der Waals surface area contributed by atoms with Crippen molar-refractivity contribution < 1.29 is 9.59 Å². The Morgan fingerprint density at radius 3 is 2.38 bits per heavy atom. The number of rotatable bonds is 9. The molecule has 0 unspecified atom stereocenters. The molecular formula is C24H27N5O2S. The molecule has 0 fully saturated rings. The lowest BCUT2D eigenvalue weighted by atomic mass is 10.1. The second-order valence-corrected chi connectivity index (χ2v) is 8.50. The molecule has 0 aliphatic heterocycles. The van der Waals surface area contributed by atoms with E-state index in [0.717, 1.165) is 22.4 Å². The van der Waals surface area contributed by atoms with Gasteiger partial charge < -0.3 is 15.2 Å². The normalized spacial score (nSPS) is 10.6. The number of thioether (sulfide) groups is 1. The maximum atomic E-state index is 12.4. The SMILES string of the molecule is C=CCn1c(CNC(=O)c2ccc(C)cc2)nnc1SCC(=O)Nc1cc(C)cc(C)c1. The fourth-order valence-corrected chi connectivity index (χ4v) is 3.98. The molecule has 8 heteroatoms. The molecule has 0 saturated heterocycles. The highest BCUT2D eigenvalue weighted by atomic mass is 32.2. The quantitative estimate of drug-likeness (QED) is 0.380. The number of hydrogen-bond donors (Lipinski definition) is 2.